The first-order valence-corrected chi connectivity index (χ1v) is 16.1. The Labute approximate surface area is 310 Å². The largest absolute Gasteiger partial charge is 0.466 e. The van der Waals surface area contributed by atoms with Crippen molar-refractivity contribution in [3.05, 3.63) is 129 Å². The average molecular weight is 800 g/mol. The van der Waals surface area contributed by atoms with Gasteiger partial charge >= 0.3 is 30.5 Å². The molecule has 3 aromatic carbocycles. The minimum Gasteiger partial charge on any atom is -0.466 e. The number of hydrogen-bond donors (Lipinski definition) is 1. The van der Waals surface area contributed by atoms with E-state index >= 15 is 0 Å². The molecule has 0 saturated heterocycles. The summed E-state index contributed by atoms with van der Waals surface area (Å²) >= 11 is 0. The van der Waals surface area contributed by atoms with Gasteiger partial charge in [0.1, 0.15) is 12.0 Å². The number of aromatic nitrogens is 3. The normalized spacial score (nSPS) is 11.4. The molecule has 0 aliphatic carbocycles. The molecule has 19 heteroatoms. The lowest BCUT2D eigenvalue weighted by Gasteiger charge is -2.07. The van der Waals surface area contributed by atoms with Crippen molar-refractivity contribution in [3.8, 4) is 11.3 Å². The fraction of sp³-hybridized carbons (Fsp3) is 0.243. The summed E-state index contributed by atoms with van der Waals surface area (Å²) in [6, 6.07) is 13.3. The maximum Gasteiger partial charge on any atom is 0.416 e. The second-order valence-electron chi connectivity index (χ2n) is 11.2. The summed E-state index contributed by atoms with van der Waals surface area (Å²) < 4.78 is 121. The lowest BCUT2D eigenvalue weighted by atomic mass is 10.1. The van der Waals surface area contributed by atoms with Crippen molar-refractivity contribution in [1.82, 2.24) is 14.6 Å². The van der Waals surface area contributed by atoms with E-state index < -0.39 is 64.9 Å². The number of Topliss-reactive ketones (excluding diaryl/α,β-unsaturated/α-hetero) is 2. The third-order valence-electron chi connectivity index (χ3n) is 7.26. The molecule has 5 aromatic rings. The highest BCUT2D eigenvalue weighted by molar-refractivity contribution is 6.06. The summed E-state index contributed by atoms with van der Waals surface area (Å²) in [5, 5.41) is 2.60. The van der Waals surface area contributed by atoms with Gasteiger partial charge in [0.2, 0.25) is 0 Å². The van der Waals surface area contributed by atoms with Gasteiger partial charge in [-0.3, -0.25) is 24.3 Å². The first kappa shape index (κ1) is 44.1. The second-order valence-corrected chi connectivity index (χ2v) is 11.2. The van der Waals surface area contributed by atoms with Gasteiger partial charge in [0.25, 0.3) is 5.56 Å². The molecule has 0 atom stereocenters. The number of carbonyl (C=O) groups excluding carboxylic acids is 4. The monoisotopic (exact) mass is 799 g/mol. The van der Waals surface area contributed by atoms with Gasteiger partial charge < -0.3 is 9.47 Å². The Morgan fingerprint density at radius 2 is 1.12 bits per heavy atom. The van der Waals surface area contributed by atoms with Crippen LogP contribution in [0.4, 0.5) is 39.5 Å². The van der Waals surface area contributed by atoms with Crippen LogP contribution in [0.2, 0.25) is 0 Å². The second kappa shape index (κ2) is 18.4. The fourth-order valence-corrected chi connectivity index (χ4v) is 4.50. The van der Waals surface area contributed by atoms with Crippen LogP contribution < -0.4 is 5.56 Å². The molecule has 5 rings (SSSR count). The Balaban J connectivity index is 0.000000239. The molecule has 1 N–H and O–H groups in total. The van der Waals surface area contributed by atoms with E-state index in [0.717, 1.165) is 53.0 Å². The number of nitrogens with one attached hydrogen (secondary N) is 1. The van der Waals surface area contributed by atoms with Crippen LogP contribution in [0.5, 0.6) is 0 Å². The van der Waals surface area contributed by atoms with E-state index in [9.17, 15) is 63.5 Å². The Morgan fingerprint density at radius 1 is 0.679 bits per heavy atom. The highest BCUT2D eigenvalue weighted by Gasteiger charge is 2.32. The standard InChI is InChI=1S/C16H12F3N3O3.C12H11F3O3.C9H7F3O/c1-2-25-15(24)11-8-20-22-13(23)7-12(21-14(11)22)9-3-5-10(6-4-9)16(17,18)19;1-2-18-11(17)7-10(16)8-3-5-9(6-4-8)12(13,14)15;1-6(13)7-2-4-8(5-3-7)9(10,11)12/h3-8,20H,2H2,1H3;3-6H,2,7H2,1H3;2-5H,1H3. The van der Waals surface area contributed by atoms with E-state index in [1.807, 2.05) is 0 Å². The number of ketones is 2. The Morgan fingerprint density at radius 3 is 1.55 bits per heavy atom. The van der Waals surface area contributed by atoms with E-state index in [4.69, 9.17) is 4.74 Å². The number of benzene rings is 3. The van der Waals surface area contributed by atoms with Crippen molar-refractivity contribution < 1.29 is 68.2 Å². The lowest BCUT2D eigenvalue weighted by molar-refractivity contribution is -0.142. The third kappa shape index (κ3) is 12.1. The van der Waals surface area contributed by atoms with Gasteiger partial charge in [0, 0.05) is 29.0 Å². The zero-order valence-electron chi connectivity index (χ0n) is 29.4. The molecule has 10 nitrogen and oxygen atoms in total. The molecule has 0 bridgehead atoms. The minimum absolute atomic E-state index is 0.0425. The number of ether oxygens (including phenoxy) is 2. The zero-order valence-corrected chi connectivity index (χ0v) is 29.4. The average Bonchev–Trinajstić information content (AvgIpc) is 3.56. The minimum atomic E-state index is -4.45. The van der Waals surface area contributed by atoms with Crippen LogP contribution >= 0.6 is 0 Å². The molecule has 0 fully saturated rings. The highest BCUT2D eigenvalue weighted by Crippen LogP contribution is 2.32. The molecule has 0 aliphatic heterocycles. The number of alkyl halides is 9. The van der Waals surface area contributed by atoms with Crippen molar-refractivity contribution in [3.63, 3.8) is 0 Å². The number of fused-ring (bicyclic) bond motifs is 1. The summed E-state index contributed by atoms with van der Waals surface area (Å²) in [5.41, 5.74) is -1.96. The van der Waals surface area contributed by atoms with Gasteiger partial charge in [-0.25, -0.2) is 14.3 Å². The van der Waals surface area contributed by atoms with Gasteiger partial charge in [0.15, 0.2) is 17.2 Å². The lowest BCUT2D eigenvalue weighted by Crippen LogP contribution is -2.15. The quantitative estimate of drug-likeness (QED) is 0.0713. The molecule has 2 heterocycles. The molecule has 0 amide bonds. The molecular weight excluding hydrogens is 769 g/mol. The number of halogens is 9. The number of esters is 2. The number of carbonyl (C=O) groups is 4. The molecule has 0 spiro atoms. The van der Waals surface area contributed by atoms with Crippen LogP contribution in [-0.2, 0) is 32.8 Å². The van der Waals surface area contributed by atoms with E-state index in [2.05, 4.69) is 14.8 Å². The van der Waals surface area contributed by atoms with Crippen molar-refractivity contribution in [2.75, 3.05) is 13.2 Å². The smallest absolute Gasteiger partial charge is 0.416 e. The molecule has 56 heavy (non-hydrogen) atoms. The summed E-state index contributed by atoms with van der Waals surface area (Å²) in [7, 11) is 0. The van der Waals surface area contributed by atoms with Gasteiger partial charge in [-0.2, -0.15) is 39.5 Å². The Hall–Kier alpha value is -6.27. The van der Waals surface area contributed by atoms with E-state index in [1.165, 1.54) is 43.5 Å². The van der Waals surface area contributed by atoms with Gasteiger partial charge in [-0.1, -0.05) is 36.4 Å². The van der Waals surface area contributed by atoms with E-state index in [1.54, 1.807) is 13.8 Å². The molecule has 2 aromatic heterocycles. The van der Waals surface area contributed by atoms with Crippen molar-refractivity contribution in [2.45, 2.75) is 45.7 Å². The number of rotatable bonds is 8. The topological polar surface area (TPSA) is 137 Å². The van der Waals surface area contributed by atoms with Crippen LogP contribution in [0.15, 0.2) is 89.9 Å². The van der Waals surface area contributed by atoms with Crippen molar-refractivity contribution in [2.24, 2.45) is 0 Å². The highest BCUT2D eigenvalue weighted by atomic mass is 19.4. The van der Waals surface area contributed by atoms with E-state index in [-0.39, 0.29) is 47.0 Å². The summed E-state index contributed by atoms with van der Waals surface area (Å²) in [5.74, 6) is -2.16. The van der Waals surface area contributed by atoms with Crippen LogP contribution in [0.1, 0.15) is 75.0 Å². The van der Waals surface area contributed by atoms with Gasteiger partial charge in [-0.15, -0.1) is 0 Å². The fourth-order valence-electron chi connectivity index (χ4n) is 4.50. The Kier molecular flexibility index (Phi) is 14.5. The maximum atomic E-state index is 12.6. The SMILES string of the molecule is CC(=O)c1ccc(C(F)(F)F)cc1.CCOC(=O)CC(=O)c1ccc(C(F)(F)F)cc1.CCOC(=O)c1c[nH]n2c(=O)cc(-c3ccc(C(F)(F)F)cc3)nc12. The number of nitrogens with zero attached hydrogens (tertiary/aromatic N) is 2. The molecule has 0 aliphatic rings. The predicted molar refractivity (Wildman–Crippen MR) is 181 cm³/mol. The van der Waals surface area contributed by atoms with Crippen LogP contribution in [0.25, 0.3) is 16.9 Å². The summed E-state index contributed by atoms with van der Waals surface area (Å²) in [6.45, 7) is 4.85. The van der Waals surface area contributed by atoms with Crippen LogP contribution in [0, 0.1) is 0 Å². The predicted octanol–water partition coefficient (Wildman–Crippen LogP) is 8.63. The third-order valence-corrected chi connectivity index (χ3v) is 7.26. The first-order valence-electron chi connectivity index (χ1n) is 16.1. The van der Waals surface area contributed by atoms with Crippen molar-refractivity contribution >= 4 is 29.2 Å². The van der Waals surface area contributed by atoms with Gasteiger partial charge in [0.05, 0.1) is 35.6 Å². The zero-order chi connectivity index (χ0) is 42.0. The molecule has 0 saturated carbocycles. The van der Waals surface area contributed by atoms with Crippen LogP contribution in [-0.4, -0.2) is 51.3 Å². The Bertz CT molecular complexity index is 2210. The maximum absolute atomic E-state index is 12.6. The molecule has 298 valence electrons. The van der Waals surface area contributed by atoms with Crippen molar-refractivity contribution in [1.29, 1.82) is 0 Å². The summed E-state index contributed by atoms with van der Waals surface area (Å²) in [6.07, 6.45) is -12.4. The van der Waals surface area contributed by atoms with Gasteiger partial charge in [-0.05, 0) is 57.2 Å². The number of aromatic amines is 1. The first-order chi connectivity index (χ1) is 26.1. The number of H-pyrrole nitrogens is 1. The molecule has 0 radical (unpaired) electrons. The molecular formula is C37H30F9N3O7. The van der Waals surface area contributed by atoms with E-state index in [0.29, 0.717) is 5.56 Å². The molecule has 0 unspecified atom stereocenters. The summed E-state index contributed by atoms with van der Waals surface area (Å²) in [4.78, 5) is 61.5. The number of hydrogen-bond acceptors (Lipinski definition) is 8. The van der Waals surface area contributed by atoms with Crippen LogP contribution in [0.3, 0.4) is 0 Å².